The number of phosphoric acid groups is 2. The van der Waals surface area contributed by atoms with E-state index in [0.29, 0.717) is 25.7 Å². The van der Waals surface area contributed by atoms with Crippen molar-refractivity contribution >= 4 is 39.5 Å². The Morgan fingerprint density at radius 3 is 0.798 bits per heavy atom. The summed E-state index contributed by atoms with van der Waals surface area (Å²) in [4.78, 5) is 72.4. The van der Waals surface area contributed by atoms with Crippen LogP contribution in [0.4, 0.5) is 0 Å². The number of carbonyl (C=O) groups is 4. The molecule has 0 rings (SSSR count). The normalized spacial score (nSPS) is 14.4. The lowest BCUT2D eigenvalue weighted by Crippen LogP contribution is -2.30. The Morgan fingerprint density at radius 1 is 0.315 bits per heavy atom. The van der Waals surface area contributed by atoms with Crippen LogP contribution in [-0.2, 0) is 65.4 Å². The third-order valence-electron chi connectivity index (χ3n) is 16.6. The summed E-state index contributed by atoms with van der Waals surface area (Å²) in [6.07, 6.45) is 50.2. The van der Waals surface area contributed by atoms with Gasteiger partial charge in [0, 0.05) is 25.7 Å². The molecule has 0 aromatic carbocycles. The van der Waals surface area contributed by atoms with Gasteiger partial charge in [-0.05, 0) is 31.6 Å². The van der Waals surface area contributed by atoms with Gasteiger partial charge in [-0.2, -0.15) is 0 Å². The van der Waals surface area contributed by atoms with Crippen LogP contribution in [0, 0.1) is 5.92 Å². The zero-order valence-corrected chi connectivity index (χ0v) is 59.4. The van der Waals surface area contributed by atoms with Crippen molar-refractivity contribution in [1.82, 2.24) is 0 Å². The zero-order valence-electron chi connectivity index (χ0n) is 57.6. The van der Waals surface area contributed by atoms with Gasteiger partial charge >= 0.3 is 39.5 Å². The Labute approximate surface area is 543 Å². The van der Waals surface area contributed by atoms with Crippen molar-refractivity contribution < 1.29 is 80.2 Å². The highest BCUT2D eigenvalue weighted by molar-refractivity contribution is 7.47. The highest BCUT2D eigenvalue weighted by Crippen LogP contribution is 2.45. The van der Waals surface area contributed by atoms with Crippen molar-refractivity contribution in [3.63, 3.8) is 0 Å². The molecule has 0 saturated heterocycles. The Kier molecular flexibility index (Phi) is 62.1. The lowest BCUT2D eigenvalue weighted by Gasteiger charge is -2.21. The van der Waals surface area contributed by atoms with Crippen molar-refractivity contribution in [3.8, 4) is 0 Å². The van der Waals surface area contributed by atoms with Crippen LogP contribution in [0.25, 0.3) is 0 Å². The third-order valence-corrected chi connectivity index (χ3v) is 18.5. The fourth-order valence-electron chi connectivity index (χ4n) is 10.6. The first-order valence-electron chi connectivity index (χ1n) is 36.7. The highest BCUT2D eigenvalue weighted by Gasteiger charge is 2.30. The van der Waals surface area contributed by atoms with Crippen LogP contribution in [0.5, 0.6) is 0 Å². The second kappa shape index (κ2) is 63.5. The molecule has 0 heterocycles. The molecule has 0 fully saturated rings. The molecule has 19 heteroatoms. The quantitative estimate of drug-likeness (QED) is 0.0222. The van der Waals surface area contributed by atoms with Gasteiger partial charge in [-0.1, -0.05) is 311 Å². The molecular formula is C70H136O17P2. The number of unbranched alkanes of at least 4 members (excludes halogenated alkanes) is 41. The molecule has 0 saturated carbocycles. The summed E-state index contributed by atoms with van der Waals surface area (Å²) in [5.41, 5.74) is 0. The van der Waals surface area contributed by atoms with Gasteiger partial charge in [-0.15, -0.1) is 0 Å². The largest absolute Gasteiger partial charge is 0.472 e. The van der Waals surface area contributed by atoms with E-state index in [1.165, 1.54) is 173 Å². The van der Waals surface area contributed by atoms with Crippen molar-refractivity contribution in [2.24, 2.45) is 5.92 Å². The van der Waals surface area contributed by atoms with E-state index in [0.717, 1.165) is 109 Å². The van der Waals surface area contributed by atoms with Gasteiger partial charge in [0.05, 0.1) is 26.4 Å². The van der Waals surface area contributed by atoms with E-state index >= 15 is 0 Å². The van der Waals surface area contributed by atoms with Crippen LogP contribution in [-0.4, -0.2) is 96.7 Å². The molecule has 6 atom stereocenters. The van der Waals surface area contributed by atoms with E-state index < -0.39 is 97.5 Å². The standard InChI is InChI=1S/C70H136O17P2/c1-6-10-13-16-19-21-23-25-26-27-28-29-30-32-34-36-39-45-50-55-69(74)86-65(60-81-68(73)54-49-44-38-35-33-31-24-22-20-17-14-11-7-2)61-84-88(76,77)82-57-64(71)58-83-89(78,79)85-62-66(59-80-67(72)53-48-43-37-18-15-12-8-3)87-70(75)56-51-46-41-40-42-47-52-63(5)9-4/h63-66,71H,6-62H2,1-5H3,(H,76,77)(H,78,79)/t63?,64-,65-,66-/m1/s1. The van der Waals surface area contributed by atoms with Crippen LogP contribution in [0.15, 0.2) is 0 Å². The van der Waals surface area contributed by atoms with Gasteiger partial charge in [0.2, 0.25) is 0 Å². The molecule has 0 spiro atoms. The summed E-state index contributed by atoms with van der Waals surface area (Å²) in [5.74, 6) is -1.41. The Bertz CT molecular complexity index is 1720. The SMILES string of the molecule is CCCCCCCCCCCCCCCCCCCCCC(=O)O[C@H](COC(=O)CCCCCCCCCCCCCCC)COP(=O)(O)OC[C@@H](O)COP(=O)(O)OC[C@@H](COC(=O)CCCCCCCCC)OC(=O)CCCCCCCCC(C)CC. The van der Waals surface area contributed by atoms with E-state index in [9.17, 15) is 43.2 Å². The zero-order chi connectivity index (χ0) is 65.6. The number of hydrogen-bond acceptors (Lipinski definition) is 15. The van der Waals surface area contributed by atoms with E-state index in [4.69, 9.17) is 37.0 Å². The molecule has 0 radical (unpaired) electrons. The molecule has 0 bridgehead atoms. The van der Waals surface area contributed by atoms with E-state index in [1.807, 2.05) is 0 Å². The molecule has 0 aliphatic carbocycles. The molecule has 0 aliphatic rings. The number of rotatable bonds is 70. The van der Waals surface area contributed by atoms with Gasteiger partial charge in [-0.25, -0.2) is 9.13 Å². The van der Waals surface area contributed by atoms with Gasteiger partial charge in [-0.3, -0.25) is 37.3 Å². The lowest BCUT2D eigenvalue weighted by atomic mass is 10.00. The molecule has 0 aromatic heterocycles. The maximum atomic E-state index is 13.0. The van der Waals surface area contributed by atoms with Gasteiger partial charge in [0.15, 0.2) is 12.2 Å². The molecule has 0 aromatic rings. The van der Waals surface area contributed by atoms with Gasteiger partial charge in [0.1, 0.15) is 19.3 Å². The summed E-state index contributed by atoms with van der Waals surface area (Å²) in [6.45, 7) is 7.15. The molecule has 0 aliphatic heterocycles. The predicted octanol–water partition coefficient (Wildman–Crippen LogP) is 20.1. The van der Waals surface area contributed by atoms with E-state index in [1.54, 1.807) is 0 Å². The summed E-state index contributed by atoms with van der Waals surface area (Å²) in [7, 11) is -9.89. The first-order valence-corrected chi connectivity index (χ1v) is 39.7. The van der Waals surface area contributed by atoms with Crippen molar-refractivity contribution in [2.75, 3.05) is 39.6 Å². The molecule has 3 unspecified atom stereocenters. The number of hydrogen-bond donors (Lipinski definition) is 3. The first-order chi connectivity index (χ1) is 43.1. The van der Waals surface area contributed by atoms with Crippen LogP contribution < -0.4 is 0 Å². The number of esters is 4. The average Bonchev–Trinajstić information content (AvgIpc) is 3.70. The number of carbonyl (C=O) groups excluding carboxylic acids is 4. The van der Waals surface area contributed by atoms with Crippen molar-refractivity contribution in [3.05, 3.63) is 0 Å². The molecular weight excluding hydrogens is 1170 g/mol. The number of ether oxygens (including phenoxy) is 4. The summed E-state index contributed by atoms with van der Waals surface area (Å²) < 4.78 is 68.1. The maximum absolute atomic E-state index is 13.0. The topological polar surface area (TPSA) is 237 Å². The van der Waals surface area contributed by atoms with Crippen molar-refractivity contribution in [2.45, 2.75) is 380 Å². The molecule has 3 N–H and O–H groups in total. The lowest BCUT2D eigenvalue weighted by molar-refractivity contribution is -0.161. The Hall–Kier alpha value is -1.94. The molecule has 89 heavy (non-hydrogen) atoms. The van der Waals surface area contributed by atoms with Gasteiger partial charge in [0.25, 0.3) is 0 Å². The fraction of sp³-hybridized carbons (Fsp3) is 0.943. The second-order valence-electron chi connectivity index (χ2n) is 25.5. The van der Waals surface area contributed by atoms with Gasteiger partial charge < -0.3 is 33.8 Å². The first kappa shape index (κ1) is 87.1. The minimum absolute atomic E-state index is 0.103. The second-order valence-corrected chi connectivity index (χ2v) is 28.4. The van der Waals surface area contributed by atoms with Crippen LogP contribution >= 0.6 is 15.6 Å². The Balaban J connectivity index is 5.17. The Morgan fingerprint density at radius 2 is 0.539 bits per heavy atom. The third kappa shape index (κ3) is 63.2. The number of aliphatic hydroxyl groups is 1. The molecule has 17 nitrogen and oxygen atoms in total. The fourth-order valence-corrected chi connectivity index (χ4v) is 12.2. The molecule has 0 amide bonds. The summed E-state index contributed by atoms with van der Waals surface area (Å²) in [5, 5.41) is 10.6. The minimum atomic E-state index is -4.95. The molecule has 528 valence electrons. The maximum Gasteiger partial charge on any atom is 0.472 e. The monoisotopic (exact) mass is 1310 g/mol. The summed E-state index contributed by atoms with van der Waals surface area (Å²) >= 11 is 0. The summed E-state index contributed by atoms with van der Waals surface area (Å²) in [6, 6.07) is 0. The average molecular weight is 1310 g/mol. The smallest absolute Gasteiger partial charge is 0.462 e. The minimum Gasteiger partial charge on any atom is -0.462 e. The van der Waals surface area contributed by atoms with Crippen LogP contribution in [0.3, 0.4) is 0 Å². The van der Waals surface area contributed by atoms with E-state index in [-0.39, 0.29) is 25.7 Å². The van der Waals surface area contributed by atoms with Crippen LogP contribution in [0.2, 0.25) is 0 Å². The predicted molar refractivity (Wildman–Crippen MR) is 358 cm³/mol. The number of phosphoric ester groups is 2. The van der Waals surface area contributed by atoms with Crippen molar-refractivity contribution in [1.29, 1.82) is 0 Å². The van der Waals surface area contributed by atoms with E-state index in [2.05, 4.69) is 34.6 Å². The van der Waals surface area contributed by atoms with Crippen LogP contribution in [0.1, 0.15) is 362 Å². The number of aliphatic hydroxyl groups excluding tert-OH is 1. The highest BCUT2D eigenvalue weighted by atomic mass is 31.2.